The highest BCUT2D eigenvalue weighted by Crippen LogP contribution is 2.24. The number of benzene rings is 1. The number of hydrogen-bond donors (Lipinski definition) is 2. The van der Waals surface area contributed by atoms with E-state index in [9.17, 15) is 14.9 Å². The van der Waals surface area contributed by atoms with Gasteiger partial charge in [0, 0.05) is 17.5 Å². The van der Waals surface area contributed by atoms with Gasteiger partial charge in [-0.25, -0.2) is 0 Å². The monoisotopic (exact) mass is 270 g/mol. The number of nitro groups is 1. The molecule has 98 valence electrons. The highest BCUT2D eigenvalue weighted by Gasteiger charge is 2.20. The Morgan fingerprint density at radius 2 is 2.28 bits per heavy atom. The second-order valence-corrected chi connectivity index (χ2v) is 4.58. The molecule has 1 atom stereocenters. The van der Waals surface area contributed by atoms with Crippen LogP contribution >= 0.6 is 11.8 Å². The van der Waals surface area contributed by atoms with Crippen molar-refractivity contribution in [2.45, 2.75) is 17.9 Å². The molecule has 0 saturated carbocycles. The number of rotatable bonds is 5. The van der Waals surface area contributed by atoms with Crippen molar-refractivity contribution in [2.24, 2.45) is 0 Å². The zero-order valence-electron chi connectivity index (χ0n) is 10.0. The van der Waals surface area contributed by atoms with E-state index in [1.165, 1.54) is 30.8 Å². The third-order valence-corrected chi connectivity index (χ3v) is 2.93. The first kappa shape index (κ1) is 14.5. The highest BCUT2D eigenvalue weighted by atomic mass is 32.2. The van der Waals surface area contributed by atoms with E-state index in [1.54, 1.807) is 6.07 Å². The Morgan fingerprint density at radius 3 is 2.78 bits per heavy atom. The Balaban J connectivity index is 3.03. The van der Waals surface area contributed by atoms with Gasteiger partial charge < -0.3 is 10.4 Å². The first-order valence-corrected chi connectivity index (χ1v) is 6.47. The summed E-state index contributed by atoms with van der Waals surface area (Å²) in [7, 11) is 0. The Labute approximate surface area is 109 Å². The molecule has 1 aromatic carbocycles. The Kier molecular flexibility index (Phi) is 5.11. The molecular weight excluding hydrogens is 256 g/mol. The van der Waals surface area contributed by atoms with Gasteiger partial charge in [-0.05, 0) is 25.3 Å². The second kappa shape index (κ2) is 6.36. The summed E-state index contributed by atoms with van der Waals surface area (Å²) in [6.45, 7) is 1.58. The normalized spacial score (nSPS) is 11.9. The van der Waals surface area contributed by atoms with E-state index >= 15 is 0 Å². The van der Waals surface area contributed by atoms with Gasteiger partial charge in [-0.2, -0.15) is 0 Å². The molecule has 0 bridgehead atoms. The van der Waals surface area contributed by atoms with Crippen molar-refractivity contribution in [3.63, 3.8) is 0 Å². The molecule has 7 heteroatoms. The van der Waals surface area contributed by atoms with Crippen LogP contribution in [0, 0.1) is 10.1 Å². The number of aliphatic hydroxyl groups is 1. The minimum absolute atomic E-state index is 0.00694. The molecule has 0 heterocycles. The number of nitrogens with zero attached hydrogens (tertiary/aromatic N) is 1. The van der Waals surface area contributed by atoms with E-state index in [4.69, 9.17) is 5.11 Å². The van der Waals surface area contributed by atoms with E-state index < -0.39 is 16.9 Å². The van der Waals surface area contributed by atoms with Crippen LogP contribution in [-0.2, 0) is 0 Å². The van der Waals surface area contributed by atoms with E-state index in [2.05, 4.69) is 5.32 Å². The van der Waals surface area contributed by atoms with Crippen molar-refractivity contribution in [3.8, 4) is 0 Å². The quantitative estimate of drug-likeness (QED) is 0.479. The van der Waals surface area contributed by atoms with Crippen molar-refractivity contribution in [1.29, 1.82) is 0 Å². The molecule has 0 saturated heterocycles. The van der Waals surface area contributed by atoms with Crippen molar-refractivity contribution in [3.05, 3.63) is 33.9 Å². The minimum atomic E-state index is -0.697. The summed E-state index contributed by atoms with van der Waals surface area (Å²) >= 11 is 1.39. The average Bonchev–Trinajstić information content (AvgIpc) is 2.34. The molecule has 1 amide bonds. The molecule has 0 aliphatic carbocycles. The predicted octanol–water partition coefficient (Wildman–Crippen LogP) is 1.43. The van der Waals surface area contributed by atoms with Crippen molar-refractivity contribution >= 4 is 23.4 Å². The summed E-state index contributed by atoms with van der Waals surface area (Å²) in [6, 6.07) is 4.37. The standard InChI is InChI=1S/C11H14N2O4S/c1-7(14)6-12-11(15)9-5-8(18-2)3-4-10(9)13(16)17/h3-5,7,14H,6H2,1-2H3,(H,12,15)/t7-/m1/s1. The van der Waals surface area contributed by atoms with E-state index in [-0.39, 0.29) is 17.8 Å². The first-order valence-electron chi connectivity index (χ1n) is 5.24. The van der Waals surface area contributed by atoms with Gasteiger partial charge in [-0.15, -0.1) is 11.8 Å². The fraction of sp³-hybridized carbons (Fsp3) is 0.364. The van der Waals surface area contributed by atoms with Gasteiger partial charge in [0.25, 0.3) is 11.6 Å². The average molecular weight is 270 g/mol. The first-order chi connectivity index (χ1) is 8.45. The number of amides is 1. The molecule has 0 spiro atoms. The molecule has 0 fully saturated rings. The van der Waals surface area contributed by atoms with E-state index in [0.717, 1.165) is 4.90 Å². The fourth-order valence-electron chi connectivity index (χ4n) is 1.32. The molecule has 0 aliphatic rings. The molecule has 18 heavy (non-hydrogen) atoms. The smallest absolute Gasteiger partial charge is 0.282 e. The molecular formula is C11H14N2O4S. The van der Waals surface area contributed by atoms with Crippen LogP contribution in [0.25, 0.3) is 0 Å². The molecule has 1 aromatic rings. The minimum Gasteiger partial charge on any atom is -0.392 e. The van der Waals surface area contributed by atoms with Gasteiger partial charge in [-0.1, -0.05) is 0 Å². The third-order valence-electron chi connectivity index (χ3n) is 2.20. The third kappa shape index (κ3) is 3.71. The van der Waals surface area contributed by atoms with Gasteiger partial charge in [0.1, 0.15) is 5.56 Å². The number of thioether (sulfide) groups is 1. The van der Waals surface area contributed by atoms with E-state index in [1.807, 2.05) is 6.26 Å². The van der Waals surface area contributed by atoms with Crippen LogP contribution in [0.2, 0.25) is 0 Å². The Bertz CT molecular complexity index is 462. The molecule has 0 aromatic heterocycles. The Morgan fingerprint density at radius 1 is 1.61 bits per heavy atom. The lowest BCUT2D eigenvalue weighted by Gasteiger charge is -2.08. The molecule has 2 N–H and O–H groups in total. The van der Waals surface area contributed by atoms with Gasteiger partial charge in [0.15, 0.2) is 0 Å². The number of nitro benzene ring substituents is 1. The lowest BCUT2D eigenvalue weighted by Crippen LogP contribution is -2.31. The number of aliphatic hydroxyl groups excluding tert-OH is 1. The summed E-state index contributed by atoms with van der Waals surface area (Å²) in [5.74, 6) is -0.557. The van der Waals surface area contributed by atoms with Crippen LogP contribution in [0.4, 0.5) is 5.69 Å². The second-order valence-electron chi connectivity index (χ2n) is 3.70. The van der Waals surface area contributed by atoms with Crippen LogP contribution in [0.3, 0.4) is 0 Å². The molecule has 1 rings (SSSR count). The maximum atomic E-state index is 11.8. The van der Waals surface area contributed by atoms with Crippen LogP contribution in [0.15, 0.2) is 23.1 Å². The summed E-state index contributed by atoms with van der Waals surface area (Å²) in [6.07, 6.45) is 1.12. The predicted molar refractivity (Wildman–Crippen MR) is 68.9 cm³/mol. The van der Waals surface area contributed by atoms with Crippen molar-refractivity contribution < 1.29 is 14.8 Å². The van der Waals surface area contributed by atoms with Crippen LogP contribution in [0.1, 0.15) is 17.3 Å². The number of carbonyl (C=O) groups is 1. The molecule has 0 aliphatic heterocycles. The zero-order chi connectivity index (χ0) is 13.7. The lowest BCUT2D eigenvalue weighted by atomic mass is 10.1. The lowest BCUT2D eigenvalue weighted by molar-refractivity contribution is -0.385. The van der Waals surface area contributed by atoms with Crippen molar-refractivity contribution in [2.75, 3.05) is 12.8 Å². The largest absolute Gasteiger partial charge is 0.392 e. The van der Waals surface area contributed by atoms with Gasteiger partial charge in [0.2, 0.25) is 0 Å². The zero-order valence-corrected chi connectivity index (χ0v) is 10.9. The van der Waals surface area contributed by atoms with Gasteiger partial charge in [0.05, 0.1) is 11.0 Å². The summed E-state index contributed by atoms with van der Waals surface area (Å²) in [5, 5.41) is 22.4. The maximum Gasteiger partial charge on any atom is 0.282 e. The number of nitrogens with one attached hydrogen (secondary N) is 1. The van der Waals surface area contributed by atoms with E-state index in [0.29, 0.717) is 0 Å². The van der Waals surface area contributed by atoms with Crippen molar-refractivity contribution in [1.82, 2.24) is 5.32 Å². The Hall–Kier alpha value is -1.60. The number of hydrogen-bond acceptors (Lipinski definition) is 5. The number of carbonyl (C=O) groups excluding carboxylic acids is 1. The summed E-state index contributed by atoms with van der Waals surface area (Å²) < 4.78 is 0. The maximum absolute atomic E-state index is 11.8. The topological polar surface area (TPSA) is 92.5 Å². The van der Waals surface area contributed by atoms with Crippen LogP contribution < -0.4 is 5.32 Å². The SMILES string of the molecule is CSc1ccc([N+](=O)[O-])c(C(=O)NC[C@@H](C)O)c1. The highest BCUT2D eigenvalue weighted by molar-refractivity contribution is 7.98. The molecule has 6 nitrogen and oxygen atoms in total. The fourth-order valence-corrected chi connectivity index (χ4v) is 1.76. The molecule has 0 unspecified atom stereocenters. The summed E-state index contributed by atoms with van der Waals surface area (Å²) in [4.78, 5) is 22.8. The van der Waals surface area contributed by atoms with Gasteiger partial charge >= 0.3 is 0 Å². The van der Waals surface area contributed by atoms with Crippen LogP contribution in [-0.4, -0.2) is 34.8 Å². The van der Waals surface area contributed by atoms with Crippen LogP contribution in [0.5, 0.6) is 0 Å². The molecule has 0 radical (unpaired) electrons. The summed E-state index contributed by atoms with van der Waals surface area (Å²) in [5.41, 5.74) is -0.233. The van der Waals surface area contributed by atoms with Gasteiger partial charge in [-0.3, -0.25) is 14.9 Å².